The van der Waals surface area contributed by atoms with E-state index in [0.29, 0.717) is 13.0 Å². The van der Waals surface area contributed by atoms with E-state index in [4.69, 9.17) is 5.11 Å². The van der Waals surface area contributed by atoms with Crippen LogP contribution in [0.15, 0.2) is 0 Å². The summed E-state index contributed by atoms with van der Waals surface area (Å²) in [6.45, 7) is 2.31. The number of amides is 1. The largest absolute Gasteiger partial charge is 0.481 e. The van der Waals surface area contributed by atoms with Gasteiger partial charge in [-0.1, -0.05) is 13.3 Å². The minimum absolute atomic E-state index is 0.00154. The highest BCUT2D eigenvalue weighted by molar-refractivity contribution is 5.75. The molecule has 2 N–H and O–H groups in total. The second kappa shape index (κ2) is 4.44. The third-order valence-electron chi connectivity index (χ3n) is 2.92. The Kier molecular flexibility index (Phi) is 3.49. The molecule has 0 saturated heterocycles. The summed E-state index contributed by atoms with van der Waals surface area (Å²) in [7, 11) is 0. The van der Waals surface area contributed by atoms with Gasteiger partial charge in [0, 0.05) is 13.0 Å². The Balaban J connectivity index is 2.37. The first-order valence-corrected chi connectivity index (χ1v) is 5.06. The van der Waals surface area contributed by atoms with Gasteiger partial charge in [-0.15, -0.1) is 0 Å². The maximum Gasteiger partial charge on any atom is 0.303 e. The topological polar surface area (TPSA) is 66.4 Å². The minimum Gasteiger partial charge on any atom is -0.481 e. The van der Waals surface area contributed by atoms with E-state index >= 15 is 0 Å². The molecule has 1 fully saturated rings. The summed E-state index contributed by atoms with van der Waals surface area (Å²) in [6, 6.07) is 0. The quantitative estimate of drug-likeness (QED) is 0.698. The van der Waals surface area contributed by atoms with E-state index in [-0.39, 0.29) is 17.7 Å². The van der Waals surface area contributed by atoms with Crippen LogP contribution in [0.3, 0.4) is 0 Å². The smallest absolute Gasteiger partial charge is 0.303 e. The van der Waals surface area contributed by atoms with E-state index < -0.39 is 5.97 Å². The van der Waals surface area contributed by atoms with Gasteiger partial charge in [0.05, 0.1) is 6.42 Å². The lowest BCUT2D eigenvalue weighted by atomic mass is 9.66. The summed E-state index contributed by atoms with van der Waals surface area (Å²) in [5.41, 5.74) is -0.156. The van der Waals surface area contributed by atoms with Crippen molar-refractivity contribution >= 4 is 11.9 Å². The lowest BCUT2D eigenvalue weighted by molar-refractivity contribution is -0.141. The molecule has 14 heavy (non-hydrogen) atoms. The molecule has 4 nitrogen and oxygen atoms in total. The first-order valence-electron chi connectivity index (χ1n) is 5.06. The first kappa shape index (κ1) is 11.0. The molecule has 80 valence electrons. The van der Waals surface area contributed by atoms with Gasteiger partial charge in [0.2, 0.25) is 5.91 Å². The van der Waals surface area contributed by atoms with Crippen molar-refractivity contribution in [3.05, 3.63) is 0 Å². The molecule has 0 bridgehead atoms. The number of carbonyl (C=O) groups is 2. The fourth-order valence-corrected chi connectivity index (χ4v) is 1.82. The molecule has 1 aliphatic rings. The zero-order valence-electron chi connectivity index (χ0n) is 8.51. The summed E-state index contributed by atoms with van der Waals surface area (Å²) < 4.78 is 0. The molecule has 1 rings (SSSR count). The van der Waals surface area contributed by atoms with Crippen LogP contribution in [-0.2, 0) is 9.59 Å². The van der Waals surface area contributed by atoms with Crippen molar-refractivity contribution in [1.82, 2.24) is 5.32 Å². The molecule has 0 atom stereocenters. The first-order chi connectivity index (χ1) is 6.58. The Morgan fingerprint density at radius 3 is 2.43 bits per heavy atom. The van der Waals surface area contributed by atoms with Gasteiger partial charge in [-0.05, 0) is 18.3 Å². The van der Waals surface area contributed by atoms with Gasteiger partial charge in [-0.2, -0.15) is 0 Å². The fraction of sp³-hybridized carbons (Fsp3) is 0.800. The number of carboxylic acids is 1. The van der Waals surface area contributed by atoms with E-state index in [1.807, 2.05) is 0 Å². The Hall–Kier alpha value is -1.06. The Morgan fingerprint density at radius 1 is 1.43 bits per heavy atom. The van der Waals surface area contributed by atoms with Gasteiger partial charge in [0.1, 0.15) is 0 Å². The van der Waals surface area contributed by atoms with E-state index in [1.54, 1.807) is 6.92 Å². The number of rotatable bonds is 5. The Morgan fingerprint density at radius 2 is 2.07 bits per heavy atom. The second-order valence-electron chi connectivity index (χ2n) is 4.05. The molecule has 0 unspecified atom stereocenters. The van der Waals surface area contributed by atoms with E-state index in [1.165, 1.54) is 0 Å². The summed E-state index contributed by atoms with van der Waals surface area (Å²) in [5, 5.41) is 11.5. The van der Waals surface area contributed by atoms with Crippen LogP contribution in [-0.4, -0.2) is 23.5 Å². The highest BCUT2D eigenvalue weighted by Crippen LogP contribution is 2.43. The standard InChI is InChI=1S/C10H17NO3/c1-2-8(12)11-7-10(4-3-5-10)6-9(13)14/h2-7H2,1H3,(H,11,12)(H,13,14). The van der Waals surface area contributed by atoms with Crippen LogP contribution >= 0.6 is 0 Å². The molecular formula is C10H17NO3. The lowest BCUT2D eigenvalue weighted by Crippen LogP contribution is -2.43. The molecule has 1 saturated carbocycles. The summed E-state index contributed by atoms with van der Waals surface area (Å²) in [6.07, 6.45) is 3.56. The number of hydrogen-bond donors (Lipinski definition) is 2. The van der Waals surface area contributed by atoms with E-state index in [9.17, 15) is 9.59 Å². The third-order valence-corrected chi connectivity index (χ3v) is 2.92. The summed E-state index contributed by atoms with van der Waals surface area (Å²) >= 11 is 0. The molecular weight excluding hydrogens is 182 g/mol. The maximum atomic E-state index is 11.0. The Bertz CT molecular complexity index is 234. The Labute approximate surface area is 83.7 Å². The van der Waals surface area contributed by atoms with Crippen LogP contribution in [0, 0.1) is 5.41 Å². The summed E-state index contributed by atoms with van der Waals surface area (Å²) in [4.78, 5) is 21.6. The van der Waals surface area contributed by atoms with Crippen LogP contribution in [0.5, 0.6) is 0 Å². The zero-order valence-corrected chi connectivity index (χ0v) is 8.51. The van der Waals surface area contributed by atoms with Gasteiger partial charge in [-0.3, -0.25) is 9.59 Å². The van der Waals surface area contributed by atoms with Crippen LogP contribution in [0.4, 0.5) is 0 Å². The fourth-order valence-electron chi connectivity index (χ4n) is 1.82. The van der Waals surface area contributed by atoms with Gasteiger partial charge in [0.15, 0.2) is 0 Å². The normalized spacial score (nSPS) is 18.4. The van der Waals surface area contributed by atoms with Crippen molar-refractivity contribution in [2.24, 2.45) is 5.41 Å². The van der Waals surface area contributed by atoms with E-state index in [0.717, 1.165) is 19.3 Å². The predicted octanol–water partition coefficient (Wildman–Crippen LogP) is 1.16. The highest BCUT2D eigenvalue weighted by atomic mass is 16.4. The van der Waals surface area contributed by atoms with Crippen LogP contribution in [0.25, 0.3) is 0 Å². The molecule has 1 amide bonds. The minimum atomic E-state index is -0.768. The van der Waals surface area contributed by atoms with Crippen LogP contribution in [0.2, 0.25) is 0 Å². The predicted molar refractivity (Wildman–Crippen MR) is 51.8 cm³/mol. The molecule has 0 spiro atoms. The highest BCUT2D eigenvalue weighted by Gasteiger charge is 2.38. The molecule has 0 aromatic rings. The average Bonchev–Trinajstić information content (AvgIpc) is 2.08. The van der Waals surface area contributed by atoms with Crippen molar-refractivity contribution in [2.75, 3.05) is 6.54 Å². The van der Waals surface area contributed by atoms with Crippen LogP contribution < -0.4 is 5.32 Å². The number of carbonyl (C=O) groups excluding carboxylic acids is 1. The lowest BCUT2D eigenvalue weighted by Gasteiger charge is -2.40. The van der Waals surface area contributed by atoms with Gasteiger partial charge in [0.25, 0.3) is 0 Å². The summed E-state index contributed by atoms with van der Waals surface area (Å²) in [5.74, 6) is -0.767. The zero-order chi connectivity index (χ0) is 10.6. The molecule has 0 aromatic heterocycles. The van der Waals surface area contributed by atoms with Crippen molar-refractivity contribution in [3.63, 3.8) is 0 Å². The number of hydrogen-bond acceptors (Lipinski definition) is 2. The molecule has 0 aliphatic heterocycles. The van der Waals surface area contributed by atoms with Crippen LogP contribution in [0.1, 0.15) is 39.0 Å². The molecule has 0 heterocycles. The van der Waals surface area contributed by atoms with E-state index in [2.05, 4.69) is 5.32 Å². The number of nitrogens with one attached hydrogen (secondary N) is 1. The SMILES string of the molecule is CCC(=O)NCC1(CC(=O)O)CCC1. The van der Waals surface area contributed by atoms with Crippen molar-refractivity contribution in [2.45, 2.75) is 39.0 Å². The molecule has 0 radical (unpaired) electrons. The molecule has 4 heteroatoms. The second-order valence-corrected chi connectivity index (χ2v) is 4.05. The van der Waals surface area contributed by atoms with Crippen molar-refractivity contribution < 1.29 is 14.7 Å². The maximum absolute atomic E-state index is 11.0. The number of aliphatic carboxylic acids is 1. The van der Waals surface area contributed by atoms with Gasteiger partial charge >= 0.3 is 5.97 Å². The number of carboxylic acid groups (broad SMARTS) is 1. The molecule has 0 aromatic carbocycles. The average molecular weight is 199 g/mol. The third kappa shape index (κ3) is 2.72. The molecule has 1 aliphatic carbocycles. The monoisotopic (exact) mass is 199 g/mol. The van der Waals surface area contributed by atoms with Gasteiger partial charge < -0.3 is 10.4 Å². The van der Waals surface area contributed by atoms with Crippen molar-refractivity contribution in [3.8, 4) is 0 Å². The van der Waals surface area contributed by atoms with Crippen molar-refractivity contribution in [1.29, 1.82) is 0 Å². The van der Waals surface area contributed by atoms with Gasteiger partial charge in [-0.25, -0.2) is 0 Å².